The van der Waals surface area contributed by atoms with Gasteiger partial charge in [0.25, 0.3) is 0 Å². The Kier molecular flexibility index (Phi) is 8.24. The fraction of sp³-hybridized carbons (Fsp3) is 0.615. The van der Waals surface area contributed by atoms with Gasteiger partial charge in [-0.15, -0.1) is 0 Å². The summed E-state index contributed by atoms with van der Waals surface area (Å²) in [6.45, 7) is 2.03. The van der Waals surface area contributed by atoms with Crippen molar-refractivity contribution in [3.63, 3.8) is 0 Å². The zero-order chi connectivity index (χ0) is 22.6. The average Bonchev–Trinajstić information content (AvgIpc) is 2.48. The van der Waals surface area contributed by atoms with Gasteiger partial charge in [0.15, 0.2) is 0 Å². The number of ketones is 1. The molecule has 15 heteroatoms. The highest BCUT2D eigenvalue weighted by atomic mass is 32.2. The van der Waals surface area contributed by atoms with Crippen molar-refractivity contribution in [3.05, 3.63) is 12.2 Å². The standard InChI is InChI=1S/C13H16F5NO8S/c1-7(2)9(21)27-12(13(16,17)18,10(22)19-6-8(3)20)26-5-4-11(14,15)28(23,24)25/h1,4-6H2,2-3H3,(H,19,22)(H,23,24,25). The van der Waals surface area contributed by atoms with Gasteiger partial charge < -0.3 is 14.8 Å². The van der Waals surface area contributed by atoms with Crippen molar-refractivity contribution < 1.29 is 58.8 Å². The number of ether oxygens (including phenoxy) is 2. The molecule has 2 N–H and O–H groups in total. The summed E-state index contributed by atoms with van der Waals surface area (Å²) >= 11 is 0. The number of hydrogen-bond acceptors (Lipinski definition) is 7. The van der Waals surface area contributed by atoms with E-state index in [-0.39, 0.29) is 0 Å². The van der Waals surface area contributed by atoms with Crippen LogP contribution in [0.4, 0.5) is 22.0 Å². The van der Waals surface area contributed by atoms with E-state index < -0.39 is 70.1 Å². The molecule has 0 aliphatic carbocycles. The highest BCUT2D eigenvalue weighted by molar-refractivity contribution is 7.86. The molecule has 0 radical (unpaired) electrons. The summed E-state index contributed by atoms with van der Waals surface area (Å²) in [7, 11) is -6.00. The first-order valence-corrected chi connectivity index (χ1v) is 8.53. The summed E-state index contributed by atoms with van der Waals surface area (Å²) in [6.07, 6.45) is -7.86. The summed E-state index contributed by atoms with van der Waals surface area (Å²) in [6, 6.07) is 0. The minimum Gasteiger partial charge on any atom is -0.412 e. The third-order valence-corrected chi connectivity index (χ3v) is 3.79. The zero-order valence-electron chi connectivity index (χ0n) is 14.4. The van der Waals surface area contributed by atoms with E-state index in [1.165, 1.54) is 5.32 Å². The van der Waals surface area contributed by atoms with Crippen molar-refractivity contribution in [1.29, 1.82) is 0 Å². The molecule has 0 saturated heterocycles. The fourth-order valence-electron chi connectivity index (χ4n) is 1.39. The van der Waals surface area contributed by atoms with E-state index in [0.29, 0.717) is 0 Å². The maximum Gasteiger partial charge on any atom is 0.466 e. The largest absolute Gasteiger partial charge is 0.466 e. The summed E-state index contributed by atoms with van der Waals surface area (Å²) in [4.78, 5) is 34.3. The van der Waals surface area contributed by atoms with Gasteiger partial charge in [0.05, 0.1) is 19.6 Å². The molecule has 1 unspecified atom stereocenters. The summed E-state index contributed by atoms with van der Waals surface area (Å²) in [5.74, 6) is -9.33. The molecule has 1 amide bonds. The van der Waals surface area contributed by atoms with Crippen LogP contribution in [0.3, 0.4) is 0 Å². The number of halogens is 5. The second-order valence-electron chi connectivity index (χ2n) is 5.38. The predicted octanol–water partition coefficient (Wildman–Crippen LogP) is 0.957. The van der Waals surface area contributed by atoms with Gasteiger partial charge in [-0.1, -0.05) is 6.58 Å². The molecule has 1 atom stereocenters. The van der Waals surface area contributed by atoms with Crippen molar-refractivity contribution in [2.75, 3.05) is 13.2 Å². The number of carbonyl (C=O) groups is 3. The van der Waals surface area contributed by atoms with Crippen LogP contribution < -0.4 is 5.32 Å². The number of esters is 1. The van der Waals surface area contributed by atoms with E-state index in [4.69, 9.17) is 4.55 Å². The molecule has 0 heterocycles. The lowest BCUT2D eigenvalue weighted by atomic mass is 10.2. The first-order chi connectivity index (χ1) is 12.4. The average molecular weight is 441 g/mol. The van der Waals surface area contributed by atoms with Crippen molar-refractivity contribution in [1.82, 2.24) is 5.32 Å². The molecular formula is C13H16F5NO8S. The van der Waals surface area contributed by atoms with Gasteiger partial charge in [-0.3, -0.25) is 14.1 Å². The van der Waals surface area contributed by atoms with E-state index in [0.717, 1.165) is 13.8 Å². The second-order valence-corrected chi connectivity index (χ2v) is 6.93. The van der Waals surface area contributed by atoms with Crippen LogP contribution in [0.5, 0.6) is 0 Å². The lowest BCUT2D eigenvalue weighted by molar-refractivity contribution is -0.348. The maximum absolute atomic E-state index is 13.5. The Morgan fingerprint density at radius 2 is 1.61 bits per heavy atom. The molecule has 0 aromatic carbocycles. The Hall–Kier alpha value is -2.13. The zero-order valence-corrected chi connectivity index (χ0v) is 15.2. The fourth-order valence-corrected chi connectivity index (χ4v) is 1.73. The van der Waals surface area contributed by atoms with Crippen LogP contribution in [0.25, 0.3) is 0 Å². The van der Waals surface area contributed by atoms with E-state index in [2.05, 4.69) is 16.1 Å². The summed E-state index contributed by atoms with van der Waals surface area (Å²) in [5.41, 5.74) is -0.625. The van der Waals surface area contributed by atoms with Crippen LogP contribution in [0.2, 0.25) is 0 Å². The van der Waals surface area contributed by atoms with Gasteiger partial charge >= 0.3 is 39.2 Å². The Labute approximate surface area is 155 Å². The van der Waals surface area contributed by atoms with Gasteiger partial charge in [-0.2, -0.15) is 30.4 Å². The number of amides is 1. The smallest absolute Gasteiger partial charge is 0.412 e. The number of rotatable bonds is 10. The van der Waals surface area contributed by atoms with Gasteiger partial charge in [0.1, 0.15) is 5.78 Å². The molecule has 0 aromatic heterocycles. The van der Waals surface area contributed by atoms with Gasteiger partial charge in [-0.25, -0.2) is 4.79 Å². The highest BCUT2D eigenvalue weighted by Gasteiger charge is 2.66. The minimum absolute atomic E-state index is 0.625. The molecule has 0 aliphatic heterocycles. The third-order valence-electron chi connectivity index (χ3n) is 2.83. The number of alkyl halides is 5. The van der Waals surface area contributed by atoms with Crippen molar-refractivity contribution in [3.8, 4) is 0 Å². The summed E-state index contributed by atoms with van der Waals surface area (Å²) in [5, 5.41) is -3.46. The molecule has 0 spiro atoms. The molecule has 0 bridgehead atoms. The van der Waals surface area contributed by atoms with E-state index >= 15 is 0 Å². The highest BCUT2D eigenvalue weighted by Crippen LogP contribution is 2.37. The van der Waals surface area contributed by atoms with Gasteiger partial charge in [-0.05, 0) is 13.8 Å². The van der Waals surface area contributed by atoms with Crippen LogP contribution >= 0.6 is 0 Å². The number of hydrogen-bond donors (Lipinski definition) is 2. The van der Waals surface area contributed by atoms with E-state index in [1.54, 1.807) is 0 Å². The lowest BCUT2D eigenvalue weighted by Gasteiger charge is -2.33. The molecule has 0 aliphatic rings. The second kappa shape index (κ2) is 8.91. The third kappa shape index (κ3) is 6.49. The van der Waals surface area contributed by atoms with E-state index in [9.17, 15) is 44.8 Å². The topological polar surface area (TPSA) is 136 Å². The number of Topliss-reactive ketones (excluding diaryl/α,β-unsaturated/α-hetero) is 1. The molecule has 0 saturated carbocycles. The maximum atomic E-state index is 13.5. The van der Waals surface area contributed by atoms with Gasteiger partial charge in [0.2, 0.25) is 0 Å². The van der Waals surface area contributed by atoms with Crippen molar-refractivity contribution in [2.24, 2.45) is 0 Å². The normalized spacial score (nSPS) is 14.7. The first kappa shape index (κ1) is 25.9. The van der Waals surface area contributed by atoms with Crippen LogP contribution in [0.1, 0.15) is 20.3 Å². The minimum atomic E-state index is -6.00. The molecule has 0 fully saturated rings. The SMILES string of the molecule is C=C(C)C(=O)OC(OCCC(F)(F)S(=O)(=O)O)(C(=O)NCC(C)=O)C(F)(F)F. The Balaban J connectivity index is 5.91. The van der Waals surface area contributed by atoms with Crippen molar-refractivity contribution >= 4 is 27.8 Å². The molecular weight excluding hydrogens is 425 g/mol. The van der Waals surface area contributed by atoms with Crippen LogP contribution in [0.15, 0.2) is 12.2 Å². The van der Waals surface area contributed by atoms with E-state index in [1.807, 2.05) is 0 Å². The monoisotopic (exact) mass is 441 g/mol. The van der Waals surface area contributed by atoms with Crippen LogP contribution in [0, 0.1) is 0 Å². The Bertz CT molecular complexity index is 749. The predicted molar refractivity (Wildman–Crippen MR) is 80.4 cm³/mol. The van der Waals surface area contributed by atoms with Crippen molar-refractivity contribution in [2.45, 2.75) is 37.5 Å². The quantitative estimate of drug-likeness (QED) is 0.168. The molecule has 28 heavy (non-hydrogen) atoms. The lowest BCUT2D eigenvalue weighted by Crippen LogP contribution is -2.62. The number of nitrogens with one attached hydrogen (secondary N) is 1. The summed E-state index contributed by atoms with van der Waals surface area (Å²) < 4.78 is 104. The Morgan fingerprint density at radius 3 is 1.96 bits per heavy atom. The van der Waals surface area contributed by atoms with Gasteiger partial charge in [0, 0.05) is 5.57 Å². The van der Waals surface area contributed by atoms with Crippen LogP contribution in [-0.2, 0) is 34.0 Å². The molecule has 9 nitrogen and oxygen atoms in total. The number of carbonyl (C=O) groups excluding carboxylic acids is 3. The first-order valence-electron chi connectivity index (χ1n) is 7.09. The molecule has 0 rings (SSSR count). The molecule has 162 valence electrons. The molecule has 0 aromatic rings. The van der Waals surface area contributed by atoms with Crippen LogP contribution in [-0.4, -0.2) is 61.0 Å². The Morgan fingerprint density at radius 1 is 1.11 bits per heavy atom.